The van der Waals surface area contributed by atoms with Gasteiger partial charge in [0.25, 0.3) is 27.7 Å². The Labute approximate surface area is 217 Å². The minimum atomic E-state index is -3.92. The number of amides is 4. The summed E-state index contributed by atoms with van der Waals surface area (Å²) >= 11 is 0. The number of ether oxygens (including phenoxy) is 2. The van der Waals surface area contributed by atoms with Gasteiger partial charge in [-0.1, -0.05) is 18.7 Å². The van der Waals surface area contributed by atoms with Crippen LogP contribution in [0.5, 0.6) is 11.5 Å². The van der Waals surface area contributed by atoms with E-state index in [9.17, 15) is 27.6 Å². The lowest BCUT2D eigenvalue weighted by atomic mass is 10.1. The maximum Gasteiger partial charge on any atom is 0.267 e. The van der Waals surface area contributed by atoms with Crippen LogP contribution in [0.1, 0.15) is 0 Å². The van der Waals surface area contributed by atoms with Gasteiger partial charge in [0.2, 0.25) is 5.91 Å². The molecule has 13 nitrogen and oxygen atoms in total. The van der Waals surface area contributed by atoms with Crippen LogP contribution in [-0.2, 0) is 29.2 Å². The highest BCUT2D eigenvalue weighted by atomic mass is 32.2. The maximum absolute atomic E-state index is 13.1. The molecule has 0 aliphatic carbocycles. The fraction of sp³-hybridized carbons (Fsp3) is 0.167. The van der Waals surface area contributed by atoms with Gasteiger partial charge in [0, 0.05) is 29.3 Å². The first-order valence-electron chi connectivity index (χ1n) is 11.1. The number of sulfonamides is 1. The van der Waals surface area contributed by atoms with Crippen molar-refractivity contribution < 1.29 is 37.1 Å². The van der Waals surface area contributed by atoms with Gasteiger partial charge in [0.15, 0.2) is 12.2 Å². The summed E-state index contributed by atoms with van der Waals surface area (Å²) in [6, 6.07) is 10.7. The Morgan fingerprint density at radius 1 is 0.947 bits per heavy atom. The molecule has 198 valence electrons. The van der Waals surface area contributed by atoms with Gasteiger partial charge in [-0.05, 0) is 24.3 Å². The number of rotatable bonds is 7. The molecule has 0 aromatic heterocycles. The lowest BCUT2D eigenvalue weighted by molar-refractivity contribution is -0.125. The third kappa shape index (κ3) is 5.29. The highest BCUT2D eigenvalue weighted by molar-refractivity contribution is 7.95. The van der Waals surface area contributed by atoms with Crippen LogP contribution < -0.4 is 35.5 Å². The molecule has 4 amide bonds. The predicted molar refractivity (Wildman–Crippen MR) is 137 cm³/mol. The van der Waals surface area contributed by atoms with E-state index in [2.05, 4.69) is 11.9 Å². The SMILES string of the molecule is C=CS(=O)(=O)N1CC(C(=O)Nc2ccc3c(c2)OC(C(N)=O)CN3C(=O)/C=C/C(N)=O)Oc2ccccc21. The smallest absolute Gasteiger partial charge is 0.267 e. The number of hydrogen-bond donors (Lipinski definition) is 3. The van der Waals surface area contributed by atoms with Crippen LogP contribution in [0.3, 0.4) is 0 Å². The number of carbonyl (C=O) groups is 4. The second-order valence-electron chi connectivity index (χ2n) is 8.18. The largest absolute Gasteiger partial charge is 0.476 e. The van der Waals surface area contributed by atoms with E-state index >= 15 is 0 Å². The van der Waals surface area contributed by atoms with Crippen LogP contribution in [-0.4, -0.2) is 57.3 Å². The summed E-state index contributed by atoms with van der Waals surface area (Å²) in [7, 11) is -3.92. The Hall–Kier alpha value is -4.85. The second kappa shape index (κ2) is 10.3. The van der Waals surface area contributed by atoms with Crippen LogP contribution in [0.25, 0.3) is 0 Å². The first kappa shape index (κ1) is 26.2. The van der Waals surface area contributed by atoms with Gasteiger partial charge in [-0.15, -0.1) is 0 Å². The quantitative estimate of drug-likeness (QED) is 0.407. The normalized spacial score (nSPS) is 18.4. The molecule has 4 rings (SSSR count). The highest BCUT2D eigenvalue weighted by Crippen LogP contribution is 2.37. The molecule has 2 aromatic rings. The molecule has 0 fully saturated rings. The molecule has 5 N–H and O–H groups in total. The number of carbonyl (C=O) groups excluding carboxylic acids is 4. The lowest BCUT2D eigenvalue weighted by Gasteiger charge is -2.34. The number of primary amides is 2. The minimum Gasteiger partial charge on any atom is -0.476 e. The van der Waals surface area contributed by atoms with E-state index in [0.29, 0.717) is 0 Å². The molecule has 2 aromatic carbocycles. The van der Waals surface area contributed by atoms with Crippen molar-refractivity contribution in [3.05, 3.63) is 66.6 Å². The van der Waals surface area contributed by atoms with E-state index in [-0.39, 0.29) is 41.7 Å². The highest BCUT2D eigenvalue weighted by Gasteiger charge is 2.36. The first-order chi connectivity index (χ1) is 18.0. The van der Waals surface area contributed by atoms with Crippen LogP contribution in [0.2, 0.25) is 0 Å². The average Bonchev–Trinajstić information content (AvgIpc) is 2.90. The molecular formula is C24H23N5O8S. The Balaban J connectivity index is 1.59. The van der Waals surface area contributed by atoms with Gasteiger partial charge in [-0.25, -0.2) is 8.42 Å². The summed E-state index contributed by atoms with van der Waals surface area (Å²) < 4.78 is 37.5. The number of benzene rings is 2. The van der Waals surface area contributed by atoms with Crippen molar-refractivity contribution in [1.29, 1.82) is 0 Å². The van der Waals surface area contributed by atoms with Crippen molar-refractivity contribution in [3.8, 4) is 11.5 Å². The zero-order valence-corrected chi connectivity index (χ0v) is 20.6. The molecule has 38 heavy (non-hydrogen) atoms. The molecule has 2 atom stereocenters. The summed E-state index contributed by atoms with van der Waals surface area (Å²) in [5, 5.41) is 3.41. The molecule has 0 saturated heterocycles. The Morgan fingerprint density at radius 2 is 1.66 bits per heavy atom. The van der Waals surface area contributed by atoms with Crippen LogP contribution in [0.4, 0.5) is 17.1 Å². The number of hydrogen-bond acceptors (Lipinski definition) is 8. The Morgan fingerprint density at radius 3 is 2.34 bits per heavy atom. The number of nitrogens with zero attached hydrogens (tertiary/aromatic N) is 2. The number of nitrogens with two attached hydrogens (primary N) is 2. The zero-order chi connectivity index (χ0) is 27.6. The van der Waals surface area contributed by atoms with Crippen LogP contribution >= 0.6 is 0 Å². The van der Waals surface area contributed by atoms with E-state index < -0.39 is 45.9 Å². The van der Waals surface area contributed by atoms with Crippen molar-refractivity contribution in [1.82, 2.24) is 0 Å². The lowest BCUT2D eigenvalue weighted by Crippen LogP contribution is -2.49. The Kier molecular flexibility index (Phi) is 7.08. The second-order valence-corrected chi connectivity index (χ2v) is 9.99. The molecule has 2 heterocycles. The summed E-state index contributed by atoms with van der Waals surface area (Å²) in [5.74, 6) is -2.72. The molecular weight excluding hydrogens is 518 g/mol. The van der Waals surface area contributed by atoms with Gasteiger partial charge in [-0.2, -0.15) is 0 Å². The number of nitrogens with one attached hydrogen (secondary N) is 1. The van der Waals surface area contributed by atoms with Crippen molar-refractivity contribution in [2.75, 3.05) is 27.6 Å². The molecule has 14 heteroatoms. The average molecular weight is 542 g/mol. The van der Waals surface area contributed by atoms with Crippen molar-refractivity contribution in [2.24, 2.45) is 11.5 Å². The zero-order valence-electron chi connectivity index (χ0n) is 19.8. The molecule has 2 aliphatic heterocycles. The summed E-state index contributed by atoms with van der Waals surface area (Å²) in [6.45, 7) is 2.83. The summed E-state index contributed by atoms with van der Waals surface area (Å²) in [5.41, 5.74) is 11.2. The number of anilines is 3. The molecule has 0 bridgehead atoms. The number of fused-ring (bicyclic) bond motifs is 2. The molecule has 0 radical (unpaired) electrons. The van der Waals surface area contributed by atoms with Crippen molar-refractivity contribution >= 4 is 50.7 Å². The van der Waals surface area contributed by atoms with E-state index in [1.54, 1.807) is 18.2 Å². The summed E-state index contributed by atoms with van der Waals surface area (Å²) in [6.07, 6.45) is -0.585. The van der Waals surface area contributed by atoms with Gasteiger partial charge in [0.05, 0.1) is 24.5 Å². The molecule has 0 saturated carbocycles. The fourth-order valence-electron chi connectivity index (χ4n) is 3.86. The topological polar surface area (TPSA) is 191 Å². The van der Waals surface area contributed by atoms with Crippen molar-refractivity contribution in [2.45, 2.75) is 12.2 Å². The third-order valence-corrected chi connectivity index (χ3v) is 7.04. The van der Waals surface area contributed by atoms with Gasteiger partial charge >= 0.3 is 0 Å². The van der Waals surface area contributed by atoms with Gasteiger partial charge in [-0.3, -0.25) is 23.5 Å². The fourth-order valence-corrected chi connectivity index (χ4v) is 4.80. The van der Waals surface area contributed by atoms with E-state index in [1.165, 1.54) is 29.2 Å². The van der Waals surface area contributed by atoms with Gasteiger partial charge in [0.1, 0.15) is 11.5 Å². The summed E-state index contributed by atoms with van der Waals surface area (Å²) in [4.78, 5) is 49.7. The van der Waals surface area contributed by atoms with E-state index in [0.717, 1.165) is 21.9 Å². The van der Waals surface area contributed by atoms with Crippen LogP contribution in [0.15, 0.2) is 66.6 Å². The molecule has 2 unspecified atom stereocenters. The standard InChI is InChI=1S/C24H23N5O8S/c1-2-38(34,35)29-13-20(36-17-6-4-3-5-16(17)29)24(33)27-14-7-8-15-18(11-14)37-19(23(26)32)12-28(15)22(31)10-9-21(25)30/h2-11,19-20H,1,12-13H2,(H2,25,30)(H2,26,32)(H,27,33)/b10-9+. The van der Waals surface area contributed by atoms with Crippen molar-refractivity contribution in [3.63, 3.8) is 0 Å². The molecule has 2 aliphatic rings. The Bertz CT molecular complexity index is 1470. The maximum atomic E-state index is 13.1. The monoisotopic (exact) mass is 541 g/mol. The predicted octanol–water partition coefficient (Wildman–Crippen LogP) is -0.0132. The van der Waals surface area contributed by atoms with E-state index in [4.69, 9.17) is 20.9 Å². The third-order valence-electron chi connectivity index (χ3n) is 5.65. The number of para-hydroxylation sites is 2. The van der Waals surface area contributed by atoms with Crippen LogP contribution in [0, 0.1) is 0 Å². The molecule has 0 spiro atoms. The minimum absolute atomic E-state index is 0.0597. The van der Waals surface area contributed by atoms with Gasteiger partial charge < -0.3 is 31.2 Å². The van der Waals surface area contributed by atoms with E-state index in [1.807, 2.05) is 0 Å². The first-order valence-corrected chi connectivity index (χ1v) is 12.6.